The Hall–Kier alpha value is -1.68. The first-order chi connectivity index (χ1) is 14.7. The number of amides is 2. The van der Waals surface area contributed by atoms with Crippen LogP contribution in [-0.2, 0) is 14.8 Å². The van der Waals surface area contributed by atoms with E-state index >= 15 is 0 Å². The second-order valence-electron chi connectivity index (χ2n) is 9.62. The molecule has 2 amide bonds. The Morgan fingerprint density at radius 1 is 1.16 bits per heavy atom. The van der Waals surface area contributed by atoms with Gasteiger partial charge >= 0.3 is 0 Å². The molecule has 1 fully saturated rings. The van der Waals surface area contributed by atoms with Crippen LogP contribution >= 0.6 is 11.6 Å². The van der Waals surface area contributed by atoms with Crippen LogP contribution in [0.5, 0.6) is 0 Å². The van der Waals surface area contributed by atoms with Crippen molar-refractivity contribution in [1.82, 2.24) is 19.4 Å². The number of benzene rings is 1. The third kappa shape index (κ3) is 6.66. The van der Waals surface area contributed by atoms with E-state index in [9.17, 15) is 18.0 Å². The van der Waals surface area contributed by atoms with Crippen LogP contribution in [0.3, 0.4) is 0 Å². The summed E-state index contributed by atoms with van der Waals surface area (Å²) in [4.78, 5) is 29.4. The van der Waals surface area contributed by atoms with Gasteiger partial charge in [-0.15, -0.1) is 0 Å². The molecule has 10 heteroatoms. The Bertz CT molecular complexity index is 939. The summed E-state index contributed by atoms with van der Waals surface area (Å²) < 4.78 is 25.9. The number of likely N-dealkylation sites (tertiary alicyclic amines) is 1. The Morgan fingerprint density at radius 2 is 1.75 bits per heavy atom. The van der Waals surface area contributed by atoms with Crippen LogP contribution in [-0.4, -0.2) is 88.7 Å². The first-order valence-electron chi connectivity index (χ1n) is 10.7. The molecular formula is C22H35ClN4O4S. The van der Waals surface area contributed by atoms with Crippen LogP contribution in [0.2, 0.25) is 5.02 Å². The van der Waals surface area contributed by atoms with Gasteiger partial charge in [0.05, 0.1) is 15.5 Å². The highest BCUT2D eigenvalue weighted by atomic mass is 35.5. The highest BCUT2D eigenvalue weighted by Gasteiger charge is 2.30. The van der Waals surface area contributed by atoms with Gasteiger partial charge in [0.15, 0.2) is 0 Å². The molecule has 1 aromatic carbocycles. The van der Waals surface area contributed by atoms with E-state index in [-0.39, 0.29) is 38.6 Å². The molecule has 1 heterocycles. The smallest absolute Gasteiger partial charge is 0.255 e. The lowest BCUT2D eigenvalue weighted by atomic mass is 9.91. The largest absolute Gasteiger partial charge is 0.355 e. The van der Waals surface area contributed by atoms with Crippen LogP contribution in [0.4, 0.5) is 0 Å². The van der Waals surface area contributed by atoms with Gasteiger partial charge in [0, 0.05) is 46.2 Å². The van der Waals surface area contributed by atoms with Gasteiger partial charge in [0.2, 0.25) is 15.9 Å². The molecule has 180 valence electrons. The Kier molecular flexibility index (Phi) is 8.72. The predicted octanol–water partition coefficient (Wildman–Crippen LogP) is 2.15. The van der Waals surface area contributed by atoms with Gasteiger partial charge in [0.1, 0.15) is 0 Å². The number of nitrogens with zero attached hydrogens (tertiary/aromatic N) is 3. The average Bonchev–Trinajstić information content (AvgIpc) is 2.71. The summed E-state index contributed by atoms with van der Waals surface area (Å²) in [5.74, 6) is -0.456. The Labute approximate surface area is 196 Å². The molecule has 0 spiro atoms. The average molecular weight is 487 g/mol. The van der Waals surface area contributed by atoms with Crippen LogP contribution in [0.25, 0.3) is 0 Å². The van der Waals surface area contributed by atoms with E-state index in [4.69, 9.17) is 11.6 Å². The third-order valence-corrected chi connectivity index (χ3v) is 7.73. The summed E-state index contributed by atoms with van der Waals surface area (Å²) in [6.07, 6.45) is 1.11. The Morgan fingerprint density at radius 3 is 2.28 bits per heavy atom. The zero-order valence-electron chi connectivity index (χ0n) is 19.8. The maximum atomic E-state index is 13.0. The van der Waals surface area contributed by atoms with Crippen molar-refractivity contribution < 1.29 is 18.0 Å². The van der Waals surface area contributed by atoms with E-state index in [0.717, 1.165) is 10.8 Å². The lowest BCUT2D eigenvalue weighted by Gasteiger charge is -2.33. The van der Waals surface area contributed by atoms with Crippen molar-refractivity contribution in [3.8, 4) is 0 Å². The molecule has 0 aromatic heterocycles. The maximum Gasteiger partial charge on any atom is 0.255 e. The highest BCUT2D eigenvalue weighted by molar-refractivity contribution is 7.89. The van der Waals surface area contributed by atoms with Crippen molar-refractivity contribution >= 4 is 33.4 Å². The number of rotatable bonds is 8. The second kappa shape index (κ2) is 10.5. The monoisotopic (exact) mass is 486 g/mol. The number of nitrogens with one attached hydrogen (secondary N) is 1. The van der Waals surface area contributed by atoms with E-state index in [1.807, 2.05) is 14.1 Å². The molecule has 0 aliphatic carbocycles. The summed E-state index contributed by atoms with van der Waals surface area (Å²) in [6, 6.07) is 4.15. The number of piperidine rings is 1. The molecule has 0 radical (unpaired) electrons. The van der Waals surface area contributed by atoms with Crippen molar-refractivity contribution in [3.63, 3.8) is 0 Å². The fourth-order valence-electron chi connectivity index (χ4n) is 3.94. The van der Waals surface area contributed by atoms with Gasteiger partial charge in [0.25, 0.3) is 5.91 Å². The van der Waals surface area contributed by atoms with E-state index in [2.05, 4.69) is 24.1 Å². The molecular weight excluding hydrogens is 452 g/mol. The first kappa shape index (κ1) is 26.6. The number of carbonyl (C=O) groups is 2. The molecule has 1 aromatic rings. The maximum absolute atomic E-state index is 13.0. The predicted molar refractivity (Wildman–Crippen MR) is 126 cm³/mol. The van der Waals surface area contributed by atoms with Crippen molar-refractivity contribution in [2.75, 3.05) is 54.4 Å². The first-order valence-corrected chi connectivity index (χ1v) is 12.5. The lowest BCUT2D eigenvalue weighted by Crippen LogP contribution is -2.46. The zero-order valence-corrected chi connectivity index (χ0v) is 21.4. The minimum atomic E-state index is -3.68. The topological polar surface area (TPSA) is 90.0 Å². The molecule has 32 heavy (non-hydrogen) atoms. The van der Waals surface area contributed by atoms with Crippen molar-refractivity contribution in [1.29, 1.82) is 0 Å². The normalized spacial score (nSPS) is 16.0. The molecule has 0 saturated carbocycles. The fraction of sp³-hybridized carbons (Fsp3) is 0.636. The van der Waals surface area contributed by atoms with E-state index in [1.54, 1.807) is 4.90 Å². The number of sulfonamides is 1. The quantitative estimate of drug-likeness (QED) is 0.608. The molecule has 0 bridgehead atoms. The zero-order chi connectivity index (χ0) is 24.3. The SMILES string of the molecule is CN(C)CC(C)(C)CNC(=O)C1CCN(C(=O)c2cc(S(=O)(=O)N(C)C)ccc2Cl)CC1. The molecule has 1 N–H and O–H groups in total. The number of halogens is 1. The highest BCUT2D eigenvalue weighted by Crippen LogP contribution is 2.26. The van der Waals surface area contributed by atoms with Crippen LogP contribution in [0, 0.1) is 11.3 Å². The summed E-state index contributed by atoms with van der Waals surface area (Å²) in [7, 11) is 3.20. The van der Waals surface area contributed by atoms with Gasteiger partial charge in [-0.25, -0.2) is 12.7 Å². The number of carbonyl (C=O) groups excluding carboxylic acids is 2. The van der Waals surface area contributed by atoms with Gasteiger partial charge in [-0.3, -0.25) is 9.59 Å². The minimum absolute atomic E-state index is 0.0148. The molecule has 1 aliphatic heterocycles. The van der Waals surface area contributed by atoms with Crippen molar-refractivity contribution in [2.45, 2.75) is 31.6 Å². The van der Waals surface area contributed by atoms with E-state index in [0.29, 0.717) is 32.5 Å². The summed E-state index contributed by atoms with van der Waals surface area (Å²) in [6.45, 7) is 6.51. The van der Waals surface area contributed by atoms with Gasteiger partial charge < -0.3 is 15.1 Å². The molecule has 8 nitrogen and oxygen atoms in total. The standard InChI is InChI=1S/C22H35ClN4O4S/c1-22(2,15-25(3)4)14-24-20(28)16-9-11-27(12-10-16)21(29)18-13-17(7-8-19(18)23)32(30,31)26(5)6/h7-8,13,16H,9-12,14-15H2,1-6H3,(H,24,28). The minimum Gasteiger partial charge on any atom is -0.355 e. The van der Waals surface area contributed by atoms with Gasteiger partial charge in [-0.2, -0.15) is 0 Å². The molecule has 2 rings (SSSR count). The fourth-order valence-corrected chi connectivity index (χ4v) is 5.06. The van der Waals surface area contributed by atoms with Gasteiger partial charge in [-0.1, -0.05) is 25.4 Å². The molecule has 0 atom stereocenters. The lowest BCUT2D eigenvalue weighted by molar-refractivity contribution is -0.126. The number of hydrogen-bond donors (Lipinski definition) is 1. The van der Waals surface area contributed by atoms with Crippen LogP contribution < -0.4 is 5.32 Å². The summed E-state index contributed by atoms with van der Waals surface area (Å²) in [5, 5.41) is 3.26. The summed E-state index contributed by atoms with van der Waals surface area (Å²) >= 11 is 6.22. The second-order valence-corrected chi connectivity index (χ2v) is 12.2. The van der Waals surface area contributed by atoms with Gasteiger partial charge in [-0.05, 0) is 50.6 Å². The number of hydrogen-bond acceptors (Lipinski definition) is 5. The van der Waals surface area contributed by atoms with Crippen molar-refractivity contribution in [3.05, 3.63) is 28.8 Å². The molecule has 1 aliphatic rings. The van der Waals surface area contributed by atoms with Crippen LogP contribution in [0.15, 0.2) is 23.1 Å². The van der Waals surface area contributed by atoms with E-state index in [1.165, 1.54) is 32.3 Å². The summed E-state index contributed by atoms with van der Waals surface area (Å²) in [5.41, 5.74) is 0.118. The Balaban J connectivity index is 2.00. The van der Waals surface area contributed by atoms with Crippen molar-refractivity contribution in [2.24, 2.45) is 11.3 Å². The molecule has 0 unspecified atom stereocenters. The van der Waals surface area contributed by atoms with E-state index < -0.39 is 10.0 Å². The van der Waals surface area contributed by atoms with Crippen LogP contribution in [0.1, 0.15) is 37.0 Å². The third-order valence-electron chi connectivity index (χ3n) is 5.59. The molecule has 1 saturated heterocycles.